The van der Waals surface area contributed by atoms with Gasteiger partial charge in [-0.3, -0.25) is 14.5 Å². The third kappa shape index (κ3) is 7.26. The average Bonchev–Trinajstić information content (AvgIpc) is 2.74. The molecule has 0 radical (unpaired) electrons. The summed E-state index contributed by atoms with van der Waals surface area (Å²) < 4.78 is 49.8. The van der Waals surface area contributed by atoms with Gasteiger partial charge in [-0.2, -0.15) is 13.2 Å². The summed E-state index contributed by atoms with van der Waals surface area (Å²) in [5.41, 5.74) is -0.0878. The second-order valence-electron chi connectivity index (χ2n) is 7.49. The Morgan fingerprint density at radius 3 is 2.45 bits per heavy atom. The number of amides is 2. The predicted octanol–water partition coefficient (Wildman–Crippen LogP) is 3.36. The maximum atomic E-state index is 12.9. The zero-order chi connectivity index (χ0) is 24.0. The molecular weight excluding hydrogens is 463 g/mol. The number of rotatable bonds is 8. The number of ether oxygens (including phenoxy) is 2. The van der Waals surface area contributed by atoms with E-state index >= 15 is 0 Å². The summed E-state index contributed by atoms with van der Waals surface area (Å²) in [6, 6.07) is 8.72. The first-order valence-electron chi connectivity index (χ1n) is 10.1. The summed E-state index contributed by atoms with van der Waals surface area (Å²) >= 11 is 5.57. The van der Waals surface area contributed by atoms with Gasteiger partial charge in [0.05, 0.1) is 23.7 Å². The van der Waals surface area contributed by atoms with Crippen LogP contribution >= 0.6 is 11.6 Å². The second-order valence-corrected chi connectivity index (χ2v) is 7.90. The molecule has 33 heavy (non-hydrogen) atoms. The average molecular weight is 486 g/mol. The molecule has 0 spiro atoms. The molecule has 1 aliphatic rings. The van der Waals surface area contributed by atoms with Gasteiger partial charge in [-0.15, -0.1) is 0 Å². The van der Waals surface area contributed by atoms with Crippen LogP contribution in [0.15, 0.2) is 36.4 Å². The minimum Gasteiger partial charge on any atom is -0.486 e. The van der Waals surface area contributed by atoms with Crippen LogP contribution in [0.4, 0.5) is 18.9 Å². The number of anilines is 1. The SMILES string of the molecule is CN(CC(=O)NCCc1ccc2c(c1)OCCO2)CC(=O)Nc1ccc(Cl)c(C(F)(F)F)c1. The molecule has 1 heterocycles. The largest absolute Gasteiger partial charge is 0.486 e. The van der Waals surface area contributed by atoms with Crippen LogP contribution in [-0.2, 0) is 22.2 Å². The molecule has 0 bridgehead atoms. The van der Waals surface area contributed by atoms with E-state index in [4.69, 9.17) is 21.1 Å². The summed E-state index contributed by atoms with van der Waals surface area (Å²) in [6.07, 6.45) is -4.04. The molecule has 2 aromatic carbocycles. The highest BCUT2D eigenvalue weighted by Crippen LogP contribution is 2.36. The number of nitrogens with zero attached hydrogens (tertiary/aromatic N) is 1. The molecule has 2 amide bonds. The standard InChI is InChI=1S/C22H23ClF3N3O4/c1-29(13-21(31)28-15-3-4-17(23)16(11-15)22(24,25)26)12-20(30)27-7-6-14-2-5-18-19(10-14)33-9-8-32-18/h2-5,10-11H,6-9,12-13H2,1H3,(H,27,30)(H,28,31). The van der Waals surface area contributed by atoms with E-state index in [1.54, 1.807) is 7.05 Å². The fourth-order valence-electron chi connectivity index (χ4n) is 3.21. The summed E-state index contributed by atoms with van der Waals surface area (Å²) in [6.45, 7) is 1.17. The van der Waals surface area contributed by atoms with Crippen LogP contribution in [0.1, 0.15) is 11.1 Å². The predicted molar refractivity (Wildman–Crippen MR) is 117 cm³/mol. The van der Waals surface area contributed by atoms with Crippen LogP contribution < -0.4 is 20.1 Å². The normalized spacial score (nSPS) is 13.0. The molecule has 178 valence electrons. The molecule has 1 aliphatic heterocycles. The number of benzene rings is 2. The third-order valence-corrected chi connectivity index (χ3v) is 5.05. The van der Waals surface area contributed by atoms with E-state index in [1.165, 1.54) is 11.0 Å². The summed E-state index contributed by atoms with van der Waals surface area (Å²) in [4.78, 5) is 25.7. The molecular formula is C22H23ClF3N3O4. The zero-order valence-corrected chi connectivity index (χ0v) is 18.6. The number of carbonyl (C=O) groups is 2. The van der Waals surface area contributed by atoms with E-state index in [0.717, 1.165) is 17.7 Å². The second kappa shape index (κ2) is 10.8. The number of likely N-dealkylation sites (N-methyl/N-ethyl adjacent to an activating group) is 1. The summed E-state index contributed by atoms with van der Waals surface area (Å²) in [7, 11) is 1.56. The number of hydrogen-bond donors (Lipinski definition) is 2. The fourth-order valence-corrected chi connectivity index (χ4v) is 3.44. The van der Waals surface area contributed by atoms with Gasteiger partial charge in [0.2, 0.25) is 11.8 Å². The lowest BCUT2D eigenvalue weighted by Crippen LogP contribution is -2.39. The molecule has 0 unspecified atom stereocenters. The van der Waals surface area contributed by atoms with Crippen molar-refractivity contribution in [3.63, 3.8) is 0 Å². The van der Waals surface area contributed by atoms with Crippen molar-refractivity contribution in [2.24, 2.45) is 0 Å². The number of hydrogen-bond acceptors (Lipinski definition) is 5. The molecule has 7 nitrogen and oxygen atoms in total. The Hall–Kier alpha value is -2.98. The maximum absolute atomic E-state index is 12.9. The molecule has 11 heteroatoms. The number of fused-ring (bicyclic) bond motifs is 1. The van der Waals surface area contributed by atoms with Crippen LogP contribution in [0, 0.1) is 0 Å². The molecule has 0 saturated heterocycles. The van der Waals surface area contributed by atoms with E-state index in [1.807, 2.05) is 18.2 Å². The molecule has 0 saturated carbocycles. The molecule has 0 atom stereocenters. The van der Waals surface area contributed by atoms with Crippen LogP contribution in [0.2, 0.25) is 5.02 Å². The Morgan fingerprint density at radius 1 is 1.03 bits per heavy atom. The van der Waals surface area contributed by atoms with Crippen molar-refractivity contribution >= 4 is 29.1 Å². The smallest absolute Gasteiger partial charge is 0.417 e. The van der Waals surface area contributed by atoms with Gasteiger partial charge < -0.3 is 20.1 Å². The highest BCUT2D eigenvalue weighted by atomic mass is 35.5. The first kappa shape index (κ1) is 24.7. The molecule has 2 aromatic rings. The molecule has 2 N–H and O–H groups in total. The first-order chi connectivity index (χ1) is 15.6. The van der Waals surface area contributed by atoms with Crippen LogP contribution in [0.3, 0.4) is 0 Å². The van der Waals surface area contributed by atoms with Gasteiger partial charge in [0.25, 0.3) is 0 Å². The van der Waals surface area contributed by atoms with Gasteiger partial charge in [0.15, 0.2) is 11.5 Å². The Morgan fingerprint density at radius 2 is 1.73 bits per heavy atom. The van der Waals surface area contributed by atoms with Crippen molar-refractivity contribution in [1.82, 2.24) is 10.2 Å². The van der Waals surface area contributed by atoms with E-state index in [2.05, 4.69) is 10.6 Å². The third-order valence-electron chi connectivity index (χ3n) is 4.72. The Bertz CT molecular complexity index is 1020. The van der Waals surface area contributed by atoms with Gasteiger partial charge in [-0.25, -0.2) is 0 Å². The van der Waals surface area contributed by atoms with Gasteiger partial charge >= 0.3 is 6.18 Å². The van der Waals surface area contributed by atoms with Crippen LogP contribution in [0.5, 0.6) is 11.5 Å². The number of nitrogens with one attached hydrogen (secondary N) is 2. The van der Waals surface area contributed by atoms with E-state index in [-0.39, 0.29) is 24.7 Å². The Labute approximate surface area is 193 Å². The lowest BCUT2D eigenvalue weighted by molar-refractivity contribution is -0.137. The van der Waals surface area contributed by atoms with Crippen molar-refractivity contribution in [1.29, 1.82) is 0 Å². The number of carbonyl (C=O) groups excluding carboxylic acids is 2. The van der Waals surface area contributed by atoms with Crippen molar-refractivity contribution in [3.05, 3.63) is 52.5 Å². The first-order valence-corrected chi connectivity index (χ1v) is 10.5. The van der Waals surface area contributed by atoms with Crippen molar-refractivity contribution in [3.8, 4) is 11.5 Å². The molecule has 0 fully saturated rings. The topological polar surface area (TPSA) is 79.9 Å². The van der Waals surface area contributed by atoms with Gasteiger partial charge in [0.1, 0.15) is 13.2 Å². The highest BCUT2D eigenvalue weighted by Gasteiger charge is 2.33. The highest BCUT2D eigenvalue weighted by molar-refractivity contribution is 6.31. The van der Waals surface area contributed by atoms with Crippen molar-refractivity contribution in [2.75, 3.05) is 45.2 Å². The van der Waals surface area contributed by atoms with E-state index in [9.17, 15) is 22.8 Å². The summed E-state index contributed by atoms with van der Waals surface area (Å²) in [5.74, 6) is 0.534. The summed E-state index contributed by atoms with van der Waals surface area (Å²) in [5, 5.41) is 4.70. The Balaban J connectivity index is 1.41. The number of alkyl halides is 3. The number of halogens is 4. The Kier molecular flexibility index (Phi) is 8.04. The van der Waals surface area contributed by atoms with E-state index < -0.39 is 22.7 Å². The van der Waals surface area contributed by atoms with Gasteiger partial charge in [0, 0.05) is 12.2 Å². The van der Waals surface area contributed by atoms with Crippen molar-refractivity contribution in [2.45, 2.75) is 12.6 Å². The van der Waals surface area contributed by atoms with E-state index in [0.29, 0.717) is 37.7 Å². The van der Waals surface area contributed by atoms with Crippen molar-refractivity contribution < 1.29 is 32.2 Å². The van der Waals surface area contributed by atoms with Crippen LogP contribution in [-0.4, -0.2) is 56.6 Å². The minimum atomic E-state index is -4.63. The monoisotopic (exact) mass is 485 g/mol. The lowest BCUT2D eigenvalue weighted by atomic mass is 10.1. The maximum Gasteiger partial charge on any atom is 0.417 e. The zero-order valence-electron chi connectivity index (χ0n) is 17.8. The van der Waals surface area contributed by atoms with Gasteiger partial charge in [-0.1, -0.05) is 17.7 Å². The molecule has 0 aliphatic carbocycles. The minimum absolute atomic E-state index is 0.0333. The van der Waals surface area contributed by atoms with Crippen LogP contribution in [0.25, 0.3) is 0 Å². The van der Waals surface area contributed by atoms with Gasteiger partial charge in [-0.05, 0) is 49.4 Å². The molecule has 0 aromatic heterocycles. The lowest BCUT2D eigenvalue weighted by Gasteiger charge is -2.19. The fraction of sp³-hybridized carbons (Fsp3) is 0.364. The quantitative estimate of drug-likeness (QED) is 0.599. The molecule has 3 rings (SSSR count).